The van der Waals surface area contributed by atoms with Crippen LogP contribution in [-0.4, -0.2) is 35.5 Å². The number of ether oxygens (including phenoxy) is 1. The van der Waals surface area contributed by atoms with Gasteiger partial charge in [-0.3, -0.25) is 4.79 Å². The summed E-state index contributed by atoms with van der Waals surface area (Å²) in [6, 6.07) is 18.1. The summed E-state index contributed by atoms with van der Waals surface area (Å²) in [5.74, 6) is 0.293. The van der Waals surface area contributed by atoms with Gasteiger partial charge in [0.15, 0.2) is 0 Å². The minimum atomic E-state index is -1.03. The van der Waals surface area contributed by atoms with Crippen molar-refractivity contribution in [1.82, 2.24) is 4.90 Å². The highest BCUT2D eigenvalue weighted by molar-refractivity contribution is 6.35. The van der Waals surface area contributed by atoms with Crippen molar-refractivity contribution < 1.29 is 14.3 Å². The number of nitrogens with zero attached hydrogens (tertiary/aromatic N) is 3. The van der Waals surface area contributed by atoms with E-state index in [0.717, 1.165) is 16.0 Å². The molecule has 0 bridgehead atoms. The Kier molecular flexibility index (Phi) is 7.26. The Morgan fingerprint density at radius 1 is 1.03 bits per heavy atom. The summed E-state index contributed by atoms with van der Waals surface area (Å²) >= 11 is 12.8. The van der Waals surface area contributed by atoms with Gasteiger partial charge in [0.1, 0.15) is 11.3 Å². The highest BCUT2D eigenvalue weighted by Gasteiger charge is 2.51. The van der Waals surface area contributed by atoms with Crippen LogP contribution >= 0.6 is 23.2 Å². The van der Waals surface area contributed by atoms with Crippen molar-refractivity contribution in [3.05, 3.63) is 87.7 Å². The van der Waals surface area contributed by atoms with Crippen LogP contribution in [0, 0.1) is 13.5 Å². The number of hydrogen-bond acceptors (Lipinski definition) is 3. The van der Waals surface area contributed by atoms with E-state index >= 15 is 0 Å². The standard InChI is InChI=1S/C28H25Cl2N3O3/c1-18-24(14-13-23(31-4)25(18)30)33-26(34)28(2,3)32(27(33)35)15-8-16-36-20-11-12-21(22(29)17-20)19-9-6-5-7-10-19/h5-7,9-14,17H,8,15-16H2,1-3H3. The van der Waals surface area contributed by atoms with Crippen LogP contribution < -0.4 is 9.64 Å². The number of rotatable bonds is 7. The second kappa shape index (κ2) is 10.2. The highest BCUT2D eigenvalue weighted by atomic mass is 35.5. The molecule has 8 heteroatoms. The molecule has 1 saturated heterocycles. The van der Waals surface area contributed by atoms with Crippen molar-refractivity contribution in [1.29, 1.82) is 0 Å². The van der Waals surface area contributed by atoms with Crippen LogP contribution in [0.1, 0.15) is 25.8 Å². The van der Waals surface area contributed by atoms with E-state index in [9.17, 15) is 9.59 Å². The first-order valence-electron chi connectivity index (χ1n) is 11.5. The topological polar surface area (TPSA) is 54.2 Å². The molecule has 0 unspecified atom stereocenters. The van der Waals surface area contributed by atoms with Crippen molar-refractivity contribution in [3.63, 3.8) is 0 Å². The molecule has 3 aromatic rings. The molecule has 1 aliphatic rings. The Morgan fingerprint density at radius 2 is 1.75 bits per heavy atom. The summed E-state index contributed by atoms with van der Waals surface area (Å²) in [6.07, 6.45) is 0.519. The number of anilines is 1. The lowest BCUT2D eigenvalue weighted by molar-refractivity contribution is -0.123. The fraction of sp³-hybridized carbons (Fsp3) is 0.250. The van der Waals surface area contributed by atoms with Gasteiger partial charge in [-0.05, 0) is 62.6 Å². The molecule has 1 fully saturated rings. The predicted molar refractivity (Wildman–Crippen MR) is 143 cm³/mol. The van der Waals surface area contributed by atoms with Gasteiger partial charge >= 0.3 is 6.03 Å². The maximum absolute atomic E-state index is 13.3. The number of hydrogen-bond donors (Lipinski definition) is 0. The van der Waals surface area contributed by atoms with Gasteiger partial charge in [-0.15, -0.1) is 0 Å². The fourth-order valence-electron chi connectivity index (χ4n) is 4.26. The minimum absolute atomic E-state index is 0.240. The van der Waals surface area contributed by atoms with Crippen LogP contribution in [0.3, 0.4) is 0 Å². The quantitative estimate of drug-likeness (QED) is 0.183. The van der Waals surface area contributed by atoms with Crippen LogP contribution in [0.5, 0.6) is 5.75 Å². The minimum Gasteiger partial charge on any atom is -0.493 e. The van der Waals surface area contributed by atoms with Gasteiger partial charge < -0.3 is 9.64 Å². The Bertz CT molecular complexity index is 1370. The van der Waals surface area contributed by atoms with E-state index in [1.807, 2.05) is 42.5 Å². The first-order chi connectivity index (χ1) is 17.2. The summed E-state index contributed by atoms with van der Waals surface area (Å²) in [4.78, 5) is 32.6. The van der Waals surface area contributed by atoms with Gasteiger partial charge in [-0.1, -0.05) is 59.6 Å². The maximum Gasteiger partial charge on any atom is 0.332 e. The molecule has 0 radical (unpaired) electrons. The summed E-state index contributed by atoms with van der Waals surface area (Å²) in [6.45, 7) is 13.0. The third kappa shape index (κ3) is 4.65. The largest absolute Gasteiger partial charge is 0.493 e. The Hall–Kier alpha value is -3.53. The predicted octanol–water partition coefficient (Wildman–Crippen LogP) is 7.54. The van der Waals surface area contributed by atoms with E-state index in [2.05, 4.69) is 4.85 Å². The lowest BCUT2D eigenvalue weighted by atomic mass is 10.0. The summed E-state index contributed by atoms with van der Waals surface area (Å²) in [5, 5.41) is 0.832. The summed E-state index contributed by atoms with van der Waals surface area (Å²) in [7, 11) is 0. The molecule has 1 aliphatic heterocycles. The lowest BCUT2D eigenvalue weighted by Gasteiger charge is -2.27. The number of urea groups is 1. The van der Waals surface area contributed by atoms with Gasteiger partial charge in [0.2, 0.25) is 5.69 Å². The van der Waals surface area contributed by atoms with E-state index < -0.39 is 11.6 Å². The molecule has 0 aromatic heterocycles. The highest BCUT2D eigenvalue weighted by Crippen LogP contribution is 2.39. The SMILES string of the molecule is [C-]#[N+]c1ccc(N2C(=O)N(CCCOc3ccc(-c4ccccc4)c(Cl)c3)C(C)(C)C2=O)c(C)c1Cl. The molecular formula is C28H25Cl2N3O3. The molecule has 1 heterocycles. The molecule has 3 aromatic carbocycles. The molecule has 0 spiro atoms. The zero-order chi connectivity index (χ0) is 26.0. The Labute approximate surface area is 220 Å². The third-order valence-corrected chi connectivity index (χ3v) is 7.13. The summed E-state index contributed by atoms with van der Waals surface area (Å²) in [5.41, 5.74) is 2.11. The van der Waals surface area contributed by atoms with E-state index in [-0.39, 0.29) is 16.6 Å². The van der Waals surface area contributed by atoms with Crippen molar-refractivity contribution >= 4 is 46.5 Å². The van der Waals surface area contributed by atoms with Crippen LogP contribution in [0.4, 0.5) is 16.2 Å². The van der Waals surface area contributed by atoms with Crippen molar-refractivity contribution in [2.45, 2.75) is 32.7 Å². The van der Waals surface area contributed by atoms with Crippen molar-refractivity contribution in [3.8, 4) is 16.9 Å². The molecule has 0 aliphatic carbocycles. The number of imide groups is 1. The van der Waals surface area contributed by atoms with E-state index in [4.69, 9.17) is 34.5 Å². The average Bonchev–Trinajstić information content (AvgIpc) is 3.03. The van der Waals surface area contributed by atoms with Crippen LogP contribution in [-0.2, 0) is 4.79 Å². The first kappa shape index (κ1) is 25.6. The molecule has 36 heavy (non-hydrogen) atoms. The monoisotopic (exact) mass is 521 g/mol. The van der Waals surface area contributed by atoms with Gasteiger partial charge in [-0.2, -0.15) is 0 Å². The third-order valence-electron chi connectivity index (χ3n) is 6.34. The number of benzene rings is 3. The lowest BCUT2D eigenvalue weighted by Crippen LogP contribution is -2.44. The van der Waals surface area contributed by atoms with E-state index in [1.54, 1.807) is 37.8 Å². The molecule has 4 rings (SSSR count). The van der Waals surface area contributed by atoms with Gasteiger partial charge in [0, 0.05) is 12.1 Å². The number of halogens is 2. The smallest absolute Gasteiger partial charge is 0.332 e. The number of carbonyl (C=O) groups excluding carboxylic acids is 2. The molecule has 3 amide bonds. The van der Waals surface area contributed by atoms with Gasteiger partial charge in [0.05, 0.1) is 28.9 Å². The molecule has 184 valence electrons. The van der Waals surface area contributed by atoms with Gasteiger partial charge in [0.25, 0.3) is 5.91 Å². The average molecular weight is 522 g/mol. The molecular weight excluding hydrogens is 497 g/mol. The van der Waals surface area contributed by atoms with E-state index in [0.29, 0.717) is 41.6 Å². The normalized spacial score (nSPS) is 14.8. The molecule has 0 atom stereocenters. The maximum atomic E-state index is 13.3. The Balaban J connectivity index is 1.42. The zero-order valence-electron chi connectivity index (χ0n) is 20.2. The van der Waals surface area contributed by atoms with Gasteiger partial charge in [-0.25, -0.2) is 14.5 Å². The Morgan fingerprint density at radius 3 is 2.42 bits per heavy atom. The van der Waals surface area contributed by atoms with Crippen LogP contribution in [0.15, 0.2) is 60.7 Å². The number of carbonyl (C=O) groups is 2. The van der Waals surface area contributed by atoms with E-state index in [1.165, 1.54) is 6.07 Å². The molecule has 6 nitrogen and oxygen atoms in total. The second-order valence-corrected chi connectivity index (χ2v) is 9.78. The van der Waals surface area contributed by atoms with Crippen LogP contribution in [0.2, 0.25) is 10.0 Å². The second-order valence-electron chi connectivity index (χ2n) is 9.00. The van der Waals surface area contributed by atoms with Crippen molar-refractivity contribution in [2.24, 2.45) is 0 Å². The van der Waals surface area contributed by atoms with Crippen molar-refractivity contribution in [2.75, 3.05) is 18.1 Å². The zero-order valence-corrected chi connectivity index (χ0v) is 21.7. The molecule has 0 N–H and O–H groups in total. The fourth-order valence-corrected chi connectivity index (χ4v) is 4.74. The number of amides is 3. The first-order valence-corrected chi connectivity index (χ1v) is 12.2. The molecule has 0 saturated carbocycles. The van der Waals surface area contributed by atoms with Crippen LogP contribution in [0.25, 0.3) is 16.0 Å². The summed E-state index contributed by atoms with van der Waals surface area (Å²) < 4.78 is 5.87.